The number of hydrogen-bond acceptors (Lipinski definition) is 5. The lowest BCUT2D eigenvalue weighted by molar-refractivity contribution is -0.143. The maximum absolute atomic E-state index is 12.5. The molecular formula is C59H111NO5. The molecule has 6 nitrogen and oxygen atoms in total. The molecule has 0 aliphatic rings. The average molecular weight is 915 g/mol. The van der Waals surface area contributed by atoms with Crippen LogP contribution in [0.15, 0.2) is 36.5 Å². The van der Waals surface area contributed by atoms with Gasteiger partial charge in [0.25, 0.3) is 0 Å². The van der Waals surface area contributed by atoms with Crippen LogP contribution in [0.3, 0.4) is 0 Å². The van der Waals surface area contributed by atoms with Gasteiger partial charge in [-0.3, -0.25) is 9.59 Å². The zero-order valence-corrected chi connectivity index (χ0v) is 43.5. The van der Waals surface area contributed by atoms with Crippen LogP contribution in [-0.2, 0) is 14.3 Å². The molecule has 0 aromatic rings. The molecule has 6 heteroatoms. The van der Waals surface area contributed by atoms with E-state index in [0.717, 1.165) is 70.6 Å². The number of rotatable bonds is 53. The van der Waals surface area contributed by atoms with Gasteiger partial charge in [-0.25, -0.2) is 0 Å². The highest BCUT2D eigenvalue weighted by Crippen LogP contribution is 2.16. The zero-order chi connectivity index (χ0) is 47.2. The first-order chi connectivity index (χ1) is 32.0. The summed E-state index contributed by atoms with van der Waals surface area (Å²) in [6.07, 6.45) is 67.3. The fourth-order valence-electron chi connectivity index (χ4n) is 8.68. The van der Waals surface area contributed by atoms with E-state index in [2.05, 4.69) is 43.5 Å². The maximum Gasteiger partial charge on any atom is 0.305 e. The number of ether oxygens (including phenoxy) is 1. The highest BCUT2D eigenvalue weighted by molar-refractivity contribution is 5.76. The summed E-state index contributed by atoms with van der Waals surface area (Å²) in [4.78, 5) is 24.5. The molecule has 0 rings (SSSR count). The Bertz CT molecular complexity index is 1060. The minimum Gasteiger partial charge on any atom is -0.466 e. The van der Waals surface area contributed by atoms with Gasteiger partial charge in [0, 0.05) is 12.8 Å². The van der Waals surface area contributed by atoms with Crippen LogP contribution < -0.4 is 5.32 Å². The maximum atomic E-state index is 12.5. The van der Waals surface area contributed by atoms with Gasteiger partial charge in [-0.1, -0.05) is 243 Å². The van der Waals surface area contributed by atoms with Gasteiger partial charge in [-0.2, -0.15) is 0 Å². The number of aliphatic hydroxyl groups excluding tert-OH is 2. The van der Waals surface area contributed by atoms with Crippen LogP contribution in [0.25, 0.3) is 0 Å². The van der Waals surface area contributed by atoms with E-state index in [1.165, 1.54) is 205 Å². The minimum atomic E-state index is -0.855. The van der Waals surface area contributed by atoms with E-state index in [1.807, 2.05) is 6.08 Å². The Labute approximate surface area is 404 Å². The van der Waals surface area contributed by atoms with Crippen molar-refractivity contribution in [1.82, 2.24) is 5.32 Å². The summed E-state index contributed by atoms with van der Waals surface area (Å²) in [6.45, 7) is 4.87. The van der Waals surface area contributed by atoms with Crippen LogP contribution in [-0.4, -0.2) is 47.4 Å². The van der Waals surface area contributed by atoms with E-state index >= 15 is 0 Å². The molecule has 0 aromatic heterocycles. The van der Waals surface area contributed by atoms with Crippen LogP contribution in [0.1, 0.15) is 303 Å². The van der Waals surface area contributed by atoms with Gasteiger partial charge >= 0.3 is 5.97 Å². The minimum absolute atomic E-state index is 0.0187. The number of carbonyl (C=O) groups excluding carboxylic acids is 2. The molecule has 0 fully saturated rings. The van der Waals surface area contributed by atoms with Crippen LogP contribution >= 0.6 is 0 Å². The molecule has 0 aliphatic heterocycles. The lowest BCUT2D eigenvalue weighted by atomic mass is 10.0. The number of amides is 1. The Morgan fingerprint density at radius 1 is 0.415 bits per heavy atom. The Kier molecular flexibility index (Phi) is 53.1. The third-order valence-corrected chi connectivity index (χ3v) is 13.1. The molecule has 0 spiro atoms. The third-order valence-electron chi connectivity index (χ3n) is 13.1. The van der Waals surface area contributed by atoms with Gasteiger partial charge in [-0.05, 0) is 83.5 Å². The molecule has 0 radical (unpaired) electrons. The molecule has 0 bridgehead atoms. The summed E-state index contributed by atoms with van der Waals surface area (Å²) >= 11 is 0. The molecule has 65 heavy (non-hydrogen) atoms. The van der Waals surface area contributed by atoms with Crippen molar-refractivity contribution in [2.24, 2.45) is 0 Å². The molecule has 2 unspecified atom stereocenters. The van der Waals surface area contributed by atoms with Crippen molar-refractivity contribution in [3.8, 4) is 0 Å². The van der Waals surface area contributed by atoms with Crippen molar-refractivity contribution in [3.05, 3.63) is 36.5 Å². The number of nitrogens with one attached hydrogen (secondary N) is 1. The van der Waals surface area contributed by atoms with Gasteiger partial charge in [-0.15, -0.1) is 0 Å². The number of esters is 1. The van der Waals surface area contributed by atoms with Crippen LogP contribution in [0.5, 0.6) is 0 Å². The van der Waals surface area contributed by atoms with Gasteiger partial charge in [0.15, 0.2) is 0 Å². The number of unbranched alkanes of at least 4 members (excludes halogenated alkanes) is 38. The summed E-state index contributed by atoms with van der Waals surface area (Å²) in [6, 6.07) is -0.640. The lowest BCUT2D eigenvalue weighted by Gasteiger charge is -2.20. The molecule has 0 aromatic carbocycles. The quantitative estimate of drug-likeness (QED) is 0.0321. The summed E-state index contributed by atoms with van der Waals surface area (Å²) in [5, 5.41) is 23.1. The predicted octanol–water partition coefficient (Wildman–Crippen LogP) is 17.6. The van der Waals surface area contributed by atoms with Crippen molar-refractivity contribution >= 4 is 11.9 Å². The third kappa shape index (κ3) is 51.3. The van der Waals surface area contributed by atoms with Crippen molar-refractivity contribution in [2.75, 3.05) is 13.2 Å². The van der Waals surface area contributed by atoms with Gasteiger partial charge in [0.1, 0.15) is 0 Å². The van der Waals surface area contributed by atoms with Crippen LogP contribution in [0, 0.1) is 0 Å². The van der Waals surface area contributed by atoms with Crippen molar-refractivity contribution in [1.29, 1.82) is 0 Å². The molecule has 3 N–H and O–H groups in total. The van der Waals surface area contributed by atoms with Crippen LogP contribution in [0.4, 0.5) is 0 Å². The molecule has 0 heterocycles. The first-order valence-corrected chi connectivity index (χ1v) is 28.8. The second-order valence-corrected chi connectivity index (χ2v) is 19.6. The highest BCUT2D eigenvalue weighted by Gasteiger charge is 2.18. The van der Waals surface area contributed by atoms with Crippen molar-refractivity contribution < 1.29 is 24.5 Å². The molecule has 1 amide bonds. The second kappa shape index (κ2) is 54.7. The number of carbonyl (C=O) groups is 2. The topological polar surface area (TPSA) is 95.9 Å². The number of allylic oxidation sites excluding steroid dienone is 5. The number of aliphatic hydroxyl groups is 2. The smallest absolute Gasteiger partial charge is 0.305 e. The van der Waals surface area contributed by atoms with E-state index in [1.54, 1.807) is 6.08 Å². The number of hydrogen-bond donors (Lipinski definition) is 3. The molecule has 0 aliphatic carbocycles. The van der Waals surface area contributed by atoms with Crippen molar-refractivity contribution in [2.45, 2.75) is 315 Å². The molecule has 2 atom stereocenters. The van der Waals surface area contributed by atoms with E-state index in [0.29, 0.717) is 19.4 Å². The average Bonchev–Trinajstić information content (AvgIpc) is 3.31. The summed E-state index contributed by atoms with van der Waals surface area (Å²) < 4.78 is 5.46. The SMILES string of the molecule is CCCCCCCCC/C=C\CCCCCCCC(=O)OCCCCCC/C=C\CCCCCCCCCC(=O)NC(CO)C(O)/C=C/CCCCCCCCCCCCCCCCC. The standard InChI is InChI=1S/C59H111NO5/c1-3-5-7-9-11-13-15-17-19-21-23-27-31-35-39-43-47-51-57(62)56(55-61)60-58(63)52-48-44-40-36-32-28-24-22-26-30-34-38-42-46-50-54-65-59(64)53-49-45-41-37-33-29-25-20-18-16-14-12-10-8-6-4-2/h20,25-26,30,47,51,56-57,61-62H,3-19,21-24,27-29,31-46,48-50,52-55H2,1-2H3,(H,60,63)/b25-20-,30-26-,51-47+. The lowest BCUT2D eigenvalue weighted by Crippen LogP contribution is -2.45. The van der Waals surface area contributed by atoms with E-state index in [-0.39, 0.29) is 18.5 Å². The highest BCUT2D eigenvalue weighted by atomic mass is 16.5. The first kappa shape index (κ1) is 63.1. The Balaban J connectivity index is 3.51. The molecule has 382 valence electrons. The normalized spacial score (nSPS) is 12.9. The van der Waals surface area contributed by atoms with Gasteiger partial charge < -0.3 is 20.3 Å². The van der Waals surface area contributed by atoms with Gasteiger partial charge in [0.05, 0.1) is 25.4 Å². The Morgan fingerprint density at radius 3 is 1.09 bits per heavy atom. The molecule has 0 saturated heterocycles. The fraction of sp³-hybridized carbons (Fsp3) is 0.864. The predicted molar refractivity (Wildman–Crippen MR) is 283 cm³/mol. The van der Waals surface area contributed by atoms with Crippen molar-refractivity contribution in [3.63, 3.8) is 0 Å². The molecular weight excluding hydrogens is 803 g/mol. The summed E-state index contributed by atoms with van der Waals surface area (Å²) in [7, 11) is 0. The summed E-state index contributed by atoms with van der Waals surface area (Å²) in [5.41, 5.74) is 0. The second-order valence-electron chi connectivity index (χ2n) is 19.6. The molecule has 0 saturated carbocycles. The zero-order valence-electron chi connectivity index (χ0n) is 43.5. The van der Waals surface area contributed by atoms with Gasteiger partial charge in [0.2, 0.25) is 5.91 Å². The van der Waals surface area contributed by atoms with E-state index in [9.17, 15) is 19.8 Å². The largest absolute Gasteiger partial charge is 0.466 e. The first-order valence-electron chi connectivity index (χ1n) is 28.8. The Morgan fingerprint density at radius 2 is 0.723 bits per heavy atom. The Hall–Kier alpha value is -1.92. The van der Waals surface area contributed by atoms with Crippen LogP contribution in [0.2, 0.25) is 0 Å². The van der Waals surface area contributed by atoms with E-state index in [4.69, 9.17) is 4.74 Å². The fourth-order valence-corrected chi connectivity index (χ4v) is 8.68. The summed E-state index contributed by atoms with van der Waals surface area (Å²) in [5.74, 6) is -0.101. The van der Waals surface area contributed by atoms with E-state index < -0.39 is 12.1 Å². The monoisotopic (exact) mass is 914 g/mol.